The molecule has 0 saturated heterocycles. The summed E-state index contributed by atoms with van der Waals surface area (Å²) in [7, 11) is 0. The van der Waals surface area contributed by atoms with Crippen molar-refractivity contribution in [2.24, 2.45) is 5.92 Å². The van der Waals surface area contributed by atoms with E-state index in [0.717, 1.165) is 31.0 Å². The van der Waals surface area contributed by atoms with Gasteiger partial charge in [-0.25, -0.2) is 9.18 Å². The van der Waals surface area contributed by atoms with Crippen LogP contribution in [0.1, 0.15) is 55.1 Å². The molecule has 1 saturated carbocycles. The van der Waals surface area contributed by atoms with Crippen LogP contribution in [0.3, 0.4) is 0 Å². The lowest BCUT2D eigenvalue weighted by Crippen LogP contribution is -2.26. The molecule has 36 heavy (non-hydrogen) atoms. The minimum atomic E-state index is -4.82. The van der Waals surface area contributed by atoms with Crippen molar-refractivity contribution in [1.82, 2.24) is 0 Å². The second-order valence-corrected chi connectivity index (χ2v) is 9.27. The predicted octanol–water partition coefficient (Wildman–Crippen LogP) is 6.29. The molecule has 1 aliphatic rings. The fraction of sp³-hybridized carbons (Fsp3) is 0.385. The van der Waals surface area contributed by atoms with E-state index < -0.39 is 47.0 Å². The first kappa shape index (κ1) is 27.0. The van der Waals surface area contributed by atoms with Crippen LogP contribution in [0, 0.1) is 11.7 Å². The highest BCUT2D eigenvalue weighted by atomic mass is 19.4. The predicted molar refractivity (Wildman–Crippen MR) is 124 cm³/mol. The molecule has 10 heteroatoms. The summed E-state index contributed by atoms with van der Waals surface area (Å²) in [6.45, 7) is 7.38. The number of carbonyl (C=O) groups is 2. The Morgan fingerprint density at radius 1 is 1.11 bits per heavy atom. The van der Waals surface area contributed by atoms with Gasteiger partial charge in [0.15, 0.2) is 11.6 Å². The normalized spacial score (nSPS) is 13.6. The van der Waals surface area contributed by atoms with E-state index in [1.54, 1.807) is 20.8 Å². The summed E-state index contributed by atoms with van der Waals surface area (Å²) in [5.41, 5.74) is -2.40. The van der Waals surface area contributed by atoms with E-state index in [4.69, 9.17) is 14.2 Å². The SMILES string of the molecule is C=CCOc1c(C(F)(F)F)ccc(COc2ccc(NC(=O)C3CC3)cc2F)c1C(=O)OC(C)(C)C. The molecule has 0 atom stereocenters. The Bertz CT molecular complexity index is 1150. The van der Waals surface area contributed by atoms with Gasteiger partial charge in [0.1, 0.15) is 30.1 Å². The van der Waals surface area contributed by atoms with E-state index in [1.165, 1.54) is 18.2 Å². The molecule has 1 amide bonds. The maximum atomic E-state index is 14.6. The summed E-state index contributed by atoms with van der Waals surface area (Å²) in [4.78, 5) is 24.8. The summed E-state index contributed by atoms with van der Waals surface area (Å²) in [6.07, 6.45) is -2.00. The van der Waals surface area contributed by atoms with E-state index >= 15 is 0 Å². The van der Waals surface area contributed by atoms with Crippen molar-refractivity contribution in [1.29, 1.82) is 0 Å². The standard InChI is InChI=1S/C26H27F4NO5/c1-5-12-34-22-18(26(28,29)30)10-8-16(21(22)24(33)36-25(2,3)4)14-35-20-11-9-17(13-19(20)27)31-23(32)15-6-7-15/h5,8-11,13,15H,1,6-7,12,14H2,2-4H3,(H,31,32). The van der Waals surface area contributed by atoms with Crippen molar-refractivity contribution in [3.8, 4) is 11.5 Å². The lowest BCUT2D eigenvalue weighted by molar-refractivity contribution is -0.138. The zero-order valence-corrected chi connectivity index (χ0v) is 20.1. The molecule has 0 aliphatic heterocycles. The number of nitrogens with one attached hydrogen (secondary N) is 1. The van der Waals surface area contributed by atoms with Gasteiger partial charge in [0.25, 0.3) is 0 Å². The third kappa shape index (κ3) is 6.99. The molecular weight excluding hydrogens is 482 g/mol. The van der Waals surface area contributed by atoms with Crippen molar-refractivity contribution >= 4 is 17.6 Å². The van der Waals surface area contributed by atoms with Gasteiger partial charge in [0.2, 0.25) is 5.91 Å². The number of anilines is 1. The molecule has 0 radical (unpaired) electrons. The first-order chi connectivity index (χ1) is 16.8. The number of alkyl halides is 3. The van der Waals surface area contributed by atoms with Crippen molar-refractivity contribution in [2.45, 2.75) is 52.0 Å². The highest BCUT2D eigenvalue weighted by molar-refractivity contribution is 5.95. The minimum absolute atomic E-state index is 0.00169. The number of esters is 1. The Morgan fingerprint density at radius 3 is 2.36 bits per heavy atom. The zero-order chi connectivity index (χ0) is 26.7. The van der Waals surface area contributed by atoms with Crippen molar-refractivity contribution in [3.05, 3.63) is 65.5 Å². The van der Waals surface area contributed by atoms with Crippen LogP contribution in [-0.4, -0.2) is 24.1 Å². The van der Waals surface area contributed by atoms with Crippen LogP contribution in [0.15, 0.2) is 43.0 Å². The second-order valence-electron chi connectivity index (χ2n) is 9.27. The molecule has 0 unspecified atom stereocenters. The molecule has 2 aromatic rings. The number of amides is 1. The lowest BCUT2D eigenvalue weighted by atomic mass is 10.0. The highest BCUT2D eigenvalue weighted by Gasteiger charge is 2.38. The van der Waals surface area contributed by atoms with Crippen LogP contribution >= 0.6 is 0 Å². The smallest absolute Gasteiger partial charge is 0.419 e. The first-order valence-corrected chi connectivity index (χ1v) is 11.2. The third-order valence-electron chi connectivity index (χ3n) is 5.03. The molecule has 3 rings (SSSR count). The van der Waals surface area contributed by atoms with Gasteiger partial charge in [0.05, 0.1) is 5.56 Å². The average Bonchev–Trinajstić information content (AvgIpc) is 3.60. The summed E-state index contributed by atoms with van der Waals surface area (Å²) in [5, 5.41) is 2.61. The molecule has 1 N–H and O–H groups in total. The lowest BCUT2D eigenvalue weighted by Gasteiger charge is -2.24. The molecule has 0 aromatic heterocycles. The largest absolute Gasteiger partial charge is 0.488 e. The van der Waals surface area contributed by atoms with E-state index in [2.05, 4.69) is 11.9 Å². The molecular formula is C26H27F4NO5. The molecule has 2 aromatic carbocycles. The third-order valence-corrected chi connectivity index (χ3v) is 5.03. The Hall–Kier alpha value is -3.56. The second kappa shape index (κ2) is 10.6. The Balaban J connectivity index is 1.93. The van der Waals surface area contributed by atoms with Crippen molar-refractivity contribution in [2.75, 3.05) is 11.9 Å². The molecule has 0 spiro atoms. The van der Waals surface area contributed by atoms with Gasteiger partial charge in [-0.15, -0.1) is 0 Å². The van der Waals surface area contributed by atoms with Gasteiger partial charge in [-0.2, -0.15) is 13.2 Å². The van der Waals surface area contributed by atoms with Gasteiger partial charge >= 0.3 is 12.1 Å². The number of hydrogen-bond donors (Lipinski definition) is 1. The first-order valence-electron chi connectivity index (χ1n) is 11.2. The number of rotatable bonds is 9. The van der Waals surface area contributed by atoms with E-state index in [9.17, 15) is 27.2 Å². The number of ether oxygens (including phenoxy) is 3. The van der Waals surface area contributed by atoms with E-state index in [1.807, 2.05) is 0 Å². The summed E-state index contributed by atoms with van der Waals surface area (Å²) in [5.74, 6) is -3.05. The van der Waals surface area contributed by atoms with Crippen LogP contribution in [0.5, 0.6) is 11.5 Å². The highest BCUT2D eigenvalue weighted by Crippen LogP contribution is 2.41. The van der Waals surface area contributed by atoms with Crippen molar-refractivity contribution < 1.29 is 41.4 Å². The quantitative estimate of drug-likeness (QED) is 0.244. The maximum Gasteiger partial charge on any atom is 0.419 e. The van der Waals surface area contributed by atoms with Crippen LogP contribution in [0.2, 0.25) is 0 Å². The maximum absolute atomic E-state index is 14.6. The van der Waals surface area contributed by atoms with E-state index in [0.29, 0.717) is 0 Å². The molecule has 1 aliphatic carbocycles. The number of benzene rings is 2. The number of hydrogen-bond acceptors (Lipinski definition) is 5. The van der Waals surface area contributed by atoms with Crippen LogP contribution in [0.4, 0.5) is 23.2 Å². The Kier molecular flexibility index (Phi) is 7.96. The van der Waals surface area contributed by atoms with E-state index in [-0.39, 0.29) is 35.4 Å². The van der Waals surface area contributed by atoms with Crippen LogP contribution in [-0.2, 0) is 22.3 Å². The van der Waals surface area contributed by atoms with Gasteiger partial charge in [-0.3, -0.25) is 4.79 Å². The van der Waals surface area contributed by atoms with Gasteiger partial charge in [-0.1, -0.05) is 18.7 Å². The molecule has 0 bridgehead atoms. The topological polar surface area (TPSA) is 73.9 Å². The molecule has 6 nitrogen and oxygen atoms in total. The summed E-state index contributed by atoms with van der Waals surface area (Å²) >= 11 is 0. The van der Waals surface area contributed by atoms with Crippen LogP contribution in [0.25, 0.3) is 0 Å². The average molecular weight is 509 g/mol. The van der Waals surface area contributed by atoms with Crippen molar-refractivity contribution in [3.63, 3.8) is 0 Å². The monoisotopic (exact) mass is 509 g/mol. The van der Waals surface area contributed by atoms with Gasteiger partial charge < -0.3 is 19.5 Å². The number of carbonyl (C=O) groups excluding carboxylic acids is 2. The van der Waals surface area contributed by atoms with Crippen LogP contribution < -0.4 is 14.8 Å². The molecule has 194 valence electrons. The summed E-state index contributed by atoms with van der Waals surface area (Å²) < 4.78 is 71.8. The Morgan fingerprint density at radius 2 is 1.81 bits per heavy atom. The molecule has 1 fully saturated rings. The minimum Gasteiger partial charge on any atom is -0.488 e. The van der Waals surface area contributed by atoms with Gasteiger partial charge in [0, 0.05) is 23.2 Å². The number of halogens is 4. The fourth-order valence-corrected chi connectivity index (χ4v) is 3.25. The Labute approximate surface area is 206 Å². The van der Waals surface area contributed by atoms with Gasteiger partial charge in [-0.05, 0) is 51.8 Å². The fourth-order valence-electron chi connectivity index (χ4n) is 3.25. The molecule has 0 heterocycles. The summed E-state index contributed by atoms with van der Waals surface area (Å²) in [6, 6.07) is 5.63. The zero-order valence-electron chi connectivity index (χ0n) is 20.1.